The molecule has 1 saturated carbocycles. The van der Waals surface area contributed by atoms with Gasteiger partial charge in [-0.2, -0.15) is 0 Å². The zero-order valence-corrected chi connectivity index (χ0v) is 9.34. The topological polar surface area (TPSA) is 32.3 Å². The maximum atomic E-state index is 12.0. The monoisotopic (exact) mass is 196 g/mol. The van der Waals surface area contributed by atoms with Gasteiger partial charge in [0.1, 0.15) is 0 Å². The molecule has 0 aromatic carbocycles. The second kappa shape index (κ2) is 3.23. The fraction of sp³-hybridized carbons (Fsp3) is 0.909. The Labute approximate surface area is 85.8 Å². The van der Waals surface area contributed by atoms with Gasteiger partial charge in [0.05, 0.1) is 0 Å². The number of amides is 1. The standard InChI is InChI=1S/C11H20N2O/c1-8-6-9(8)10(14)13-5-4-12-11(2,3)7-13/h8-9,12H,4-7H2,1-3H3/t8-,9-/m0/s1. The second-order valence-corrected chi connectivity index (χ2v) is 5.39. The van der Waals surface area contributed by atoms with E-state index in [0.29, 0.717) is 17.7 Å². The van der Waals surface area contributed by atoms with Gasteiger partial charge in [-0.25, -0.2) is 0 Å². The lowest BCUT2D eigenvalue weighted by Crippen LogP contribution is -2.58. The molecule has 80 valence electrons. The number of carbonyl (C=O) groups excluding carboxylic acids is 1. The molecular formula is C11H20N2O. The van der Waals surface area contributed by atoms with Crippen LogP contribution in [0, 0.1) is 11.8 Å². The van der Waals surface area contributed by atoms with Crippen molar-refractivity contribution in [1.82, 2.24) is 10.2 Å². The Kier molecular flexibility index (Phi) is 2.30. The van der Waals surface area contributed by atoms with Crippen LogP contribution in [0.2, 0.25) is 0 Å². The van der Waals surface area contributed by atoms with E-state index < -0.39 is 0 Å². The van der Waals surface area contributed by atoms with Crippen molar-refractivity contribution in [3.05, 3.63) is 0 Å². The minimum Gasteiger partial charge on any atom is -0.339 e. The van der Waals surface area contributed by atoms with Crippen LogP contribution in [-0.2, 0) is 4.79 Å². The Morgan fingerprint density at radius 1 is 1.50 bits per heavy atom. The average molecular weight is 196 g/mol. The van der Waals surface area contributed by atoms with Gasteiger partial charge in [-0.3, -0.25) is 4.79 Å². The van der Waals surface area contributed by atoms with Crippen LogP contribution in [0.25, 0.3) is 0 Å². The number of carbonyl (C=O) groups is 1. The molecule has 0 bridgehead atoms. The highest BCUT2D eigenvalue weighted by Gasteiger charge is 2.43. The van der Waals surface area contributed by atoms with E-state index in [1.54, 1.807) is 0 Å². The molecule has 1 amide bonds. The molecule has 2 fully saturated rings. The van der Waals surface area contributed by atoms with E-state index in [1.165, 1.54) is 0 Å². The molecule has 1 aliphatic carbocycles. The Balaban J connectivity index is 1.94. The van der Waals surface area contributed by atoms with Crippen molar-refractivity contribution < 1.29 is 4.79 Å². The van der Waals surface area contributed by atoms with Gasteiger partial charge < -0.3 is 10.2 Å². The summed E-state index contributed by atoms with van der Waals surface area (Å²) in [5, 5.41) is 3.42. The number of nitrogens with zero attached hydrogens (tertiary/aromatic N) is 1. The fourth-order valence-electron chi connectivity index (χ4n) is 2.23. The minimum absolute atomic E-state index is 0.0893. The van der Waals surface area contributed by atoms with Crippen LogP contribution >= 0.6 is 0 Å². The molecule has 2 rings (SSSR count). The van der Waals surface area contributed by atoms with Crippen molar-refractivity contribution in [2.75, 3.05) is 19.6 Å². The summed E-state index contributed by atoms with van der Waals surface area (Å²) in [6.45, 7) is 9.14. The first-order valence-electron chi connectivity index (χ1n) is 5.53. The van der Waals surface area contributed by atoms with Gasteiger partial charge in [-0.05, 0) is 26.2 Å². The Hall–Kier alpha value is -0.570. The minimum atomic E-state index is 0.0893. The summed E-state index contributed by atoms with van der Waals surface area (Å²) in [4.78, 5) is 14.0. The summed E-state index contributed by atoms with van der Waals surface area (Å²) < 4.78 is 0. The molecule has 3 heteroatoms. The van der Waals surface area contributed by atoms with Gasteiger partial charge >= 0.3 is 0 Å². The number of hydrogen-bond acceptors (Lipinski definition) is 2. The highest BCUT2D eigenvalue weighted by molar-refractivity contribution is 5.81. The zero-order valence-electron chi connectivity index (χ0n) is 9.34. The zero-order chi connectivity index (χ0) is 10.3. The van der Waals surface area contributed by atoms with Crippen molar-refractivity contribution in [3.63, 3.8) is 0 Å². The Bertz CT molecular complexity index is 250. The predicted octanol–water partition coefficient (Wildman–Crippen LogP) is 0.853. The normalized spacial score (nSPS) is 35.5. The Morgan fingerprint density at radius 3 is 2.64 bits per heavy atom. The molecule has 2 aliphatic rings. The fourth-order valence-corrected chi connectivity index (χ4v) is 2.23. The number of rotatable bonds is 1. The molecular weight excluding hydrogens is 176 g/mol. The number of piperazine rings is 1. The lowest BCUT2D eigenvalue weighted by atomic mass is 10.0. The van der Waals surface area contributed by atoms with Gasteiger partial charge in [0.2, 0.25) is 5.91 Å². The molecule has 1 saturated heterocycles. The summed E-state index contributed by atoms with van der Waals surface area (Å²) in [6.07, 6.45) is 1.10. The molecule has 0 aromatic heterocycles. The third-order valence-corrected chi connectivity index (χ3v) is 3.31. The second-order valence-electron chi connectivity index (χ2n) is 5.39. The first-order chi connectivity index (χ1) is 6.49. The third kappa shape index (κ3) is 1.92. The van der Waals surface area contributed by atoms with Crippen molar-refractivity contribution in [3.8, 4) is 0 Å². The summed E-state index contributed by atoms with van der Waals surface area (Å²) in [7, 11) is 0. The van der Waals surface area contributed by atoms with Crippen molar-refractivity contribution >= 4 is 5.91 Å². The van der Waals surface area contributed by atoms with E-state index >= 15 is 0 Å². The molecule has 0 aromatic rings. The van der Waals surface area contributed by atoms with Crippen LogP contribution in [-0.4, -0.2) is 36.0 Å². The van der Waals surface area contributed by atoms with Gasteiger partial charge in [0.15, 0.2) is 0 Å². The van der Waals surface area contributed by atoms with Crippen molar-refractivity contribution in [1.29, 1.82) is 0 Å². The van der Waals surface area contributed by atoms with E-state index in [2.05, 4.69) is 26.1 Å². The molecule has 3 nitrogen and oxygen atoms in total. The van der Waals surface area contributed by atoms with Crippen LogP contribution < -0.4 is 5.32 Å². The lowest BCUT2D eigenvalue weighted by molar-refractivity contribution is -0.134. The summed E-state index contributed by atoms with van der Waals surface area (Å²) in [5.41, 5.74) is 0.0893. The number of hydrogen-bond donors (Lipinski definition) is 1. The van der Waals surface area contributed by atoms with E-state index in [0.717, 1.165) is 26.1 Å². The quantitative estimate of drug-likeness (QED) is 0.674. The first-order valence-corrected chi connectivity index (χ1v) is 5.53. The van der Waals surface area contributed by atoms with Gasteiger partial charge in [-0.15, -0.1) is 0 Å². The summed E-state index contributed by atoms with van der Waals surface area (Å²) in [6, 6.07) is 0. The third-order valence-electron chi connectivity index (χ3n) is 3.31. The predicted molar refractivity (Wildman–Crippen MR) is 55.9 cm³/mol. The van der Waals surface area contributed by atoms with Crippen LogP contribution in [0.3, 0.4) is 0 Å². The van der Waals surface area contributed by atoms with E-state index in [-0.39, 0.29) is 5.54 Å². The highest BCUT2D eigenvalue weighted by atomic mass is 16.2. The highest BCUT2D eigenvalue weighted by Crippen LogP contribution is 2.39. The van der Waals surface area contributed by atoms with Gasteiger partial charge in [0.25, 0.3) is 0 Å². The molecule has 1 aliphatic heterocycles. The summed E-state index contributed by atoms with van der Waals surface area (Å²) >= 11 is 0. The largest absolute Gasteiger partial charge is 0.339 e. The molecule has 0 unspecified atom stereocenters. The molecule has 14 heavy (non-hydrogen) atoms. The Morgan fingerprint density at radius 2 is 2.14 bits per heavy atom. The SMILES string of the molecule is C[C@H]1C[C@@H]1C(=O)N1CCNC(C)(C)C1. The van der Waals surface area contributed by atoms with E-state index in [9.17, 15) is 4.79 Å². The molecule has 1 heterocycles. The lowest BCUT2D eigenvalue weighted by Gasteiger charge is -2.39. The van der Waals surface area contributed by atoms with Crippen molar-refractivity contribution in [2.24, 2.45) is 11.8 Å². The van der Waals surface area contributed by atoms with Gasteiger partial charge in [0, 0.05) is 31.1 Å². The first kappa shape index (κ1) is 9.97. The van der Waals surface area contributed by atoms with Crippen LogP contribution in [0.5, 0.6) is 0 Å². The van der Waals surface area contributed by atoms with Crippen LogP contribution in [0.1, 0.15) is 27.2 Å². The molecule has 2 atom stereocenters. The molecule has 1 N–H and O–H groups in total. The maximum Gasteiger partial charge on any atom is 0.226 e. The van der Waals surface area contributed by atoms with Gasteiger partial charge in [-0.1, -0.05) is 6.92 Å². The number of nitrogens with one attached hydrogen (secondary N) is 1. The van der Waals surface area contributed by atoms with Crippen LogP contribution in [0.4, 0.5) is 0 Å². The van der Waals surface area contributed by atoms with Crippen LogP contribution in [0.15, 0.2) is 0 Å². The van der Waals surface area contributed by atoms with E-state index in [4.69, 9.17) is 0 Å². The smallest absolute Gasteiger partial charge is 0.226 e. The molecule has 0 spiro atoms. The van der Waals surface area contributed by atoms with Crippen molar-refractivity contribution in [2.45, 2.75) is 32.7 Å². The summed E-state index contributed by atoms with van der Waals surface area (Å²) in [5.74, 6) is 1.34. The van der Waals surface area contributed by atoms with E-state index in [1.807, 2.05) is 4.90 Å². The maximum absolute atomic E-state index is 12.0. The average Bonchev–Trinajstić information content (AvgIpc) is 2.79. The molecule has 0 radical (unpaired) electrons.